The van der Waals surface area contributed by atoms with Gasteiger partial charge in [-0.3, -0.25) is 0 Å². The molecule has 0 bridgehead atoms. The predicted molar refractivity (Wildman–Crippen MR) is 86.8 cm³/mol. The second kappa shape index (κ2) is 7.07. The fourth-order valence-corrected chi connectivity index (χ4v) is 2.40. The van der Waals surface area contributed by atoms with Gasteiger partial charge in [0.05, 0.1) is 12.7 Å². The SMILES string of the molecule is COc1cc(C(F)(F)F)c(-c2noc(C)n2)cc1OCc1ccccc1. The van der Waals surface area contributed by atoms with Gasteiger partial charge in [0.25, 0.3) is 0 Å². The van der Waals surface area contributed by atoms with Crippen LogP contribution >= 0.6 is 0 Å². The Balaban J connectivity index is 2.03. The summed E-state index contributed by atoms with van der Waals surface area (Å²) >= 11 is 0. The van der Waals surface area contributed by atoms with Crippen LogP contribution in [0.4, 0.5) is 13.2 Å². The Morgan fingerprint density at radius 3 is 2.38 bits per heavy atom. The molecule has 1 aromatic heterocycles. The Labute approximate surface area is 147 Å². The van der Waals surface area contributed by atoms with Crippen molar-refractivity contribution < 1.29 is 27.2 Å². The molecular formula is C18H15F3N2O3. The number of aryl methyl sites for hydroxylation is 1. The fraction of sp³-hybridized carbons (Fsp3) is 0.222. The summed E-state index contributed by atoms with van der Waals surface area (Å²) in [6, 6.07) is 11.3. The van der Waals surface area contributed by atoms with Crippen molar-refractivity contribution in [3.8, 4) is 22.9 Å². The molecule has 0 aliphatic carbocycles. The highest BCUT2D eigenvalue weighted by Crippen LogP contribution is 2.42. The second-order valence-corrected chi connectivity index (χ2v) is 5.46. The highest BCUT2D eigenvalue weighted by Gasteiger charge is 2.36. The lowest BCUT2D eigenvalue weighted by Gasteiger charge is -2.16. The minimum absolute atomic E-state index is 0.0303. The minimum atomic E-state index is -4.62. The third-order valence-corrected chi connectivity index (χ3v) is 3.61. The number of hydrogen-bond acceptors (Lipinski definition) is 5. The van der Waals surface area contributed by atoms with E-state index >= 15 is 0 Å². The standard InChI is InChI=1S/C18H15F3N2O3/c1-11-22-17(23-26-11)13-8-16(25-10-12-6-4-3-5-7-12)15(24-2)9-14(13)18(19,20)21/h3-9H,10H2,1-2H3. The van der Waals surface area contributed by atoms with Crippen molar-refractivity contribution in [2.75, 3.05) is 7.11 Å². The molecule has 0 radical (unpaired) electrons. The zero-order chi connectivity index (χ0) is 18.7. The fourth-order valence-electron chi connectivity index (χ4n) is 2.40. The largest absolute Gasteiger partial charge is 0.493 e. The summed E-state index contributed by atoms with van der Waals surface area (Å²) in [6.45, 7) is 1.67. The predicted octanol–water partition coefficient (Wildman–Crippen LogP) is 4.65. The van der Waals surface area contributed by atoms with Crippen LogP contribution in [0.3, 0.4) is 0 Å². The van der Waals surface area contributed by atoms with Crippen LogP contribution in [0, 0.1) is 6.92 Å². The minimum Gasteiger partial charge on any atom is -0.493 e. The first kappa shape index (κ1) is 17.8. The summed E-state index contributed by atoms with van der Waals surface area (Å²) in [5.74, 6) is 0.122. The van der Waals surface area contributed by atoms with Crippen molar-refractivity contribution in [2.24, 2.45) is 0 Å². The highest BCUT2D eigenvalue weighted by atomic mass is 19.4. The zero-order valence-electron chi connectivity index (χ0n) is 14.0. The molecule has 0 saturated heterocycles. The van der Waals surface area contributed by atoms with Gasteiger partial charge in [0.2, 0.25) is 11.7 Å². The molecule has 3 rings (SSSR count). The van der Waals surface area contributed by atoms with Crippen LogP contribution in [-0.2, 0) is 12.8 Å². The Morgan fingerprint density at radius 2 is 1.81 bits per heavy atom. The lowest BCUT2D eigenvalue weighted by molar-refractivity contribution is -0.137. The third-order valence-electron chi connectivity index (χ3n) is 3.61. The Hall–Kier alpha value is -3.03. The molecule has 0 atom stereocenters. The number of ether oxygens (including phenoxy) is 2. The Kier molecular flexibility index (Phi) is 4.83. The molecule has 0 aliphatic heterocycles. The van der Waals surface area contributed by atoms with Gasteiger partial charge in [0, 0.05) is 12.5 Å². The van der Waals surface area contributed by atoms with Crippen LogP contribution in [0.1, 0.15) is 17.0 Å². The maximum atomic E-state index is 13.5. The molecule has 0 unspecified atom stereocenters. The molecule has 0 amide bonds. The summed E-state index contributed by atoms with van der Waals surface area (Å²) in [5, 5.41) is 3.59. The first-order valence-electron chi connectivity index (χ1n) is 7.65. The van der Waals surface area contributed by atoms with Crippen molar-refractivity contribution in [3.05, 3.63) is 59.5 Å². The van der Waals surface area contributed by atoms with E-state index in [1.54, 1.807) is 0 Å². The summed E-state index contributed by atoms with van der Waals surface area (Å²) in [4.78, 5) is 3.90. The quantitative estimate of drug-likeness (QED) is 0.659. The molecule has 0 saturated carbocycles. The first-order chi connectivity index (χ1) is 12.4. The summed E-state index contributed by atoms with van der Waals surface area (Å²) < 4.78 is 55.9. The van der Waals surface area contributed by atoms with Gasteiger partial charge in [-0.05, 0) is 17.7 Å². The molecule has 0 fully saturated rings. The number of alkyl halides is 3. The van der Waals surface area contributed by atoms with Crippen LogP contribution in [0.5, 0.6) is 11.5 Å². The van der Waals surface area contributed by atoms with Crippen molar-refractivity contribution in [1.29, 1.82) is 0 Å². The number of benzene rings is 2. The molecule has 5 nitrogen and oxygen atoms in total. The van der Waals surface area contributed by atoms with Crippen LogP contribution in [0.2, 0.25) is 0 Å². The molecule has 0 spiro atoms. The molecule has 1 heterocycles. The number of aromatic nitrogens is 2. The van der Waals surface area contributed by atoms with Gasteiger partial charge in [-0.25, -0.2) is 0 Å². The zero-order valence-corrected chi connectivity index (χ0v) is 14.0. The summed E-state index contributed by atoms with van der Waals surface area (Å²) in [5.41, 5.74) is -0.299. The number of halogens is 3. The second-order valence-electron chi connectivity index (χ2n) is 5.46. The van der Waals surface area contributed by atoms with Gasteiger partial charge in [0.1, 0.15) is 6.61 Å². The maximum absolute atomic E-state index is 13.5. The topological polar surface area (TPSA) is 57.4 Å². The molecule has 2 aromatic carbocycles. The average molecular weight is 364 g/mol. The monoisotopic (exact) mass is 364 g/mol. The normalized spacial score (nSPS) is 11.4. The van der Waals surface area contributed by atoms with Gasteiger partial charge >= 0.3 is 6.18 Å². The van der Waals surface area contributed by atoms with Gasteiger partial charge in [-0.2, -0.15) is 18.2 Å². The molecule has 0 N–H and O–H groups in total. The van der Waals surface area contributed by atoms with Crippen molar-refractivity contribution in [1.82, 2.24) is 10.1 Å². The van der Waals surface area contributed by atoms with Gasteiger partial charge < -0.3 is 14.0 Å². The molecular weight excluding hydrogens is 349 g/mol. The van der Waals surface area contributed by atoms with Gasteiger partial charge in [0.15, 0.2) is 11.5 Å². The summed E-state index contributed by atoms with van der Waals surface area (Å²) in [7, 11) is 1.28. The van der Waals surface area contributed by atoms with Crippen LogP contribution in [0.15, 0.2) is 47.0 Å². The maximum Gasteiger partial charge on any atom is 0.417 e. The van der Waals surface area contributed by atoms with E-state index in [9.17, 15) is 13.2 Å². The van der Waals surface area contributed by atoms with Crippen LogP contribution < -0.4 is 9.47 Å². The third kappa shape index (κ3) is 3.79. The van der Waals surface area contributed by atoms with E-state index in [0.717, 1.165) is 11.6 Å². The lowest BCUT2D eigenvalue weighted by atomic mass is 10.0. The molecule has 136 valence electrons. The molecule has 3 aromatic rings. The highest BCUT2D eigenvalue weighted by molar-refractivity contribution is 5.66. The Morgan fingerprint density at radius 1 is 1.08 bits per heavy atom. The lowest BCUT2D eigenvalue weighted by Crippen LogP contribution is -2.09. The van der Waals surface area contributed by atoms with Crippen molar-refractivity contribution >= 4 is 0 Å². The van der Waals surface area contributed by atoms with Gasteiger partial charge in [-0.15, -0.1) is 0 Å². The number of methoxy groups -OCH3 is 1. The van der Waals surface area contributed by atoms with Crippen molar-refractivity contribution in [2.45, 2.75) is 19.7 Å². The van der Waals surface area contributed by atoms with Crippen molar-refractivity contribution in [3.63, 3.8) is 0 Å². The van der Waals surface area contributed by atoms with E-state index in [2.05, 4.69) is 10.1 Å². The van der Waals surface area contributed by atoms with E-state index in [4.69, 9.17) is 14.0 Å². The smallest absolute Gasteiger partial charge is 0.417 e. The number of hydrogen-bond donors (Lipinski definition) is 0. The van der Waals surface area contributed by atoms with E-state index < -0.39 is 11.7 Å². The van der Waals surface area contributed by atoms with E-state index in [1.807, 2.05) is 30.3 Å². The number of nitrogens with zero attached hydrogens (tertiary/aromatic N) is 2. The van der Waals surface area contributed by atoms with Crippen LogP contribution in [-0.4, -0.2) is 17.3 Å². The van der Waals surface area contributed by atoms with Crippen LogP contribution in [0.25, 0.3) is 11.4 Å². The first-order valence-corrected chi connectivity index (χ1v) is 7.65. The molecule has 26 heavy (non-hydrogen) atoms. The average Bonchev–Trinajstić information content (AvgIpc) is 3.05. The van der Waals surface area contributed by atoms with E-state index in [0.29, 0.717) is 0 Å². The Bertz CT molecular complexity index is 892. The van der Waals surface area contributed by atoms with E-state index in [1.165, 1.54) is 20.1 Å². The van der Waals surface area contributed by atoms with E-state index in [-0.39, 0.29) is 35.4 Å². The van der Waals surface area contributed by atoms with Gasteiger partial charge in [-0.1, -0.05) is 35.5 Å². The molecule has 8 heteroatoms. The summed E-state index contributed by atoms with van der Waals surface area (Å²) in [6.07, 6.45) is -4.62. The molecule has 0 aliphatic rings. The number of rotatable bonds is 5.